The third-order valence-corrected chi connectivity index (χ3v) is 6.74. The van der Waals surface area contributed by atoms with Crippen molar-refractivity contribution in [2.75, 3.05) is 31.3 Å². The van der Waals surface area contributed by atoms with Crippen LogP contribution < -0.4 is 14.4 Å². The third-order valence-electron chi connectivity index (χ3n) is 6.43. The number of benzene rings is 2. The smallest absolute Gasteiger partial charge is 0.245 e. The van der Waals surface area contributed by atoms with Crippen molar-refractivity contribution in [2.45, 2.75) is 30.8 Å². The van der Waals surface area contributed by atoms with E-state index in [1.807, 2.05) is 29.2 Å². The number of fused-ring (bicyclic) bond motifs is 5. The summed E-state index contributed by atoms with van der Waals surface area (Å²) in [6.45, 7) is 2.25. The molecule has 0 N–H and O–H groups in total. The van der Waals surface area contributed by atoms with Gasteiger partial charge in [0, 0.05) is 30.2 Å². The number of carbonyl (C=O) groups is 1. The molecule has 2 atom stereocenters. The second kappa shape index (κ2) is 5.88. The van der Waals surface area contributed by atoms with Crippen LogP contribution in [-0.4, -0.2) is 38.4 Å². The van der Waals surface area contributed by atoms with Gasteiger partial charge in [-0.1, -0.05) is 23.7 Å². The highest BCUT2D eigenvalue weighted by Crippen LogP contribution is 2.55. The zero-order chi connectivity index (χ0) is 18.9. The van der Waals surface area contributed by atoms with Gasteiger partial charge in [0.1, 0.15) is 23.5 Å². The van der Waals surface area contributed by atoms with Crippen LogP contribution in [-0.2, 0) is 21.4 Å². The van der Waals surface area contributed by atoms with Crippen molar-refractivity contribution in [1.29, 1.82) is 0 Å². The van der Waals surface area contributed by atoms with Gasteiger partial charge in [-0.3, -0.25) is 4.79 Å². The summed E-state index contributed by atoms with van der Waals surface area (Å²) < 4.78 is 17.5. The minimum atomic E-state index is -0.841. The van der Waals surface area contributed by atoms with E-state index in [9.17, 15) is 4.79 Å². The minimum Gasteiger partial charge on any atom is -0.493 e. The Morgan fingerprint density at radius 2 is 2.07 bits per heavy atom. The maximum atomic E-state index is 13.9. The third kappa shape index (κ3) is 2.09. The highest BCUT2D eigenvalue weighted by atomic mass is 35.5. The van der Waals surface area contributed by atoms with Crippen molar-refractivity contribution in [1.82, 2.24) is 0 Å². The maximum absolute atomic E-state index is 13.9. The van der Waals surface area contributed by atoms with Crippen molar-refractivity contribution in [2.24, 2.45) is 0 Å². The second-order valence-electron chi connectivity index (χ2n) is 7.94. The highest BCUT2D eigenvalue weighted by molar-refractivity contribution is 6.35. The molecule has 4 aliphatic rings. The van der Waals surface area contributed by atoms with Gasteiger partial charge in [-0.05, 0) is 30.5 Å². The number of nitrogens with zero attached hydrogens (tertiary/aromatic N) is 1. The van der Waals surface area contributed by atoms with Gasteiger partial charge in [-0.25, -0.2) is 0 Å². The summed E-state index contributed by atoms with van der Waals surface area (Å²) in [5, 5.41) is 0.596. The van der Waals surface area contributed by atoms with Gasteiger partial charge >= 0.3 is 0 Å². The van der Waals surface area contributed by atoms with Crippen LogP contribution >= 0.6 is 11.6 Å². The van der Waals surface area contributed by atoms with Gasteiger partial charge in [0.05, 0.1) is 30.0 Å². The molecule has 5 nitrogen and oxygen atoms in total. The van der Waals surface area contributed by atoms with Gasteiger partial charge < -0.3 is 19.1 Å². The van der Waals surface area contributed by atoms with E-state index in [-0.39, 0.29) is 12.0 Å². The lowest BCUT2D eigenvalue weighted by Gasteiger charge is -2.25. The molecule has 1 fully saturated rings. The Balaban J connectivity index is 1.52. The van der Waals surface area contributed by atoms with E-state index in [0.717, 1.165) is 59.7 Å². The molecule has 1 saturated heterocycles. The van der Waals surface area contributed by atoms with Gasteiger partial charge in [-0.15, -0.1) is 0 Å². The fourth-order valence-electron chi connectivity index (χ4n) is 5.07. The Morgan fingerprint density at radius 1 is 1.14 bits per heavy atom. The first-order chi connectivity index (χ1) is 13.7. The largest absolute Gasteiger partial charge is 0.493 e. The molecule has 4 aliphatic heterocycles. The first-order valence-corrected chi connectivity index (χ1v) is 10.2. The Hall–Kier alpha value is -2.24. The zero-order valence-corrected chi connectivity index (χ0v) is 16.1. The Labute approximate surface area is 168 Å². The lowest BCUT2D eigenvalue weighted by molar-refractivity contribution is -0.122. The van der Waals surface area contributed by atoms with Crippen LogP contribution in [0.1, 0.15) is 29.5 Å². The molecule has 0 aromatic heterocycles. The number of para-hydroxylation sites is 1. The van der Waals surface area contributed by atoms with E-state index < -0.39 is 5.41 Å². The normalized spacial score (nSPS) is 27.0. The fraction of sp³-hybridized carbons (Fsp3) is 0.409. The predicted molar refractivity (Wildman–Crippen MR) is 105 cm³/mol. The van der Waals surface area contributed by atoms with Crippen molar-refractivity contribution in [3.63, 3.8) is 0 Å². The molecule has 0 bridgehead atoms. The molecule has 0 radical (unpaired) electrons. The molecular formula is C22H20ClNO4. The number of amides is 1. The van der Waals surface area contributed by atoms with Crippen LogP contribution in [0.5, 0.6) is 11.5 Å². The van der Waals surface area contributed by atoms with E-state index in [1.165, 1.54) is 0 Å². The number of carbonyl (C=O) groups excluding carboxylic acids is 1. The van der Waals surface area contributed by atoms with E-state index in [2.05, 4.69) is 6.07 Å². The second-order valence-corrected chi connectivity index (χ2v) is 8.34. The predicted octanol–water partition coefficient (Wildman–Crippen LogP) is 3.48. The minimum absolute atomic E-state index is 0.0312. The van der Waals surface area contributed by atoms with Crippen LogP contribution in [0.25, 0.3) is 0 Å². The Morgan fingerprint density at radius 3 is 2.93 bits per heavy atom. The summed E-state index contributed by atoms with van der Waals surface area (Å²) in [7, 11) is 0. The van der Waals surface area contributed by atoms with Crippen molar-refractivity contribution in [3.8, 4) is 11.5 Å². The fourth-order valence-corrected chi connectivity index (χ4v) is 5.35. The van der Waals surface area contributed by atoms with Crippen LogP contribution in [0.4, 0.5) is 5.69 Å². The molecular weight excluding hydrogens is 378 g/mol. The van der Waals surface area contributed by atoms with Gasteiger partial charge in [-0.2, -0.15) is 0 Å². The summed E-state index contributed by atoms with van der Waals surface area (Å²) in [6, 6.07) is 9.81. The number of hydrogen-bond acceptors (Lipinski definition) is 4. The lowest BCUT2D eigenvalue weighted by Crippen LogP contribution is -2.45. The summed E-state index contributed by atoms with van der Waals surface area (Å²) in [4.78, 5) is 15.7. The van der Waals surface area contributed by atoms with Crippen LogP contribution in [0.2, 0.25) is 5.02 Å². The molecule has 1 spiro atoms. The molecule has 144 valence electrons. The van der Waals surface area contributed by atoms with E-state index in [0.29, 0.717) is 24.8 Å². The highest BCUT2D eigenvalue weighted by Gasteiger charge is 2.58. The molecule has 6 heteroatoms. The van der Waals surface area contributed by atoms with Crippen LogP contribution in [0.3, 0.4) is 0 Å². The number of halogens is 1. The molecule has 4 heterocycles. The molecule has 6 rings (SSSR count). The summed E-state index contributed by atoms with van der Waals surface area (Å²) in [5.41, 5.74) is 2.96. The van der Waals surface area contributed by atoms with Crippen molar-refractivity contribution in [3.05, 3.63) is 52.0 Å². The molecule has 2 aromatic carbocycles. The number of rotatable bonds is 2. The maximum Gasteiger partial charge on any atom is 0.245 e. The quantitative estimate of drug-likeness (QED) is 0.778. The van der Waals surface area contributed by atoms with Crippen molar-refractivity contribution < 1.29 is 19.0 Å². The van der Waals surface area contributed by atoms with Gasteiger partial charge in [0.2, 0.25) is 5.91 Å². The van der Waals surface area contributed by atoms with Gasteiger partial charge in [0.15, 0.2) is 0 Å². The van der Waals surface area contributed by atoms with Crippen LogP contribution in [0, 0.1) is 0 Å². The molecule has 28 heavy (non-hydrogen) atoms. The Bertz CT molecular complexity index is 1000. The molecule has 2 aromatic rings. The topological polar surface area (TPSA) is 48.0 Å². The first kappa shape index (κ1) is 16.7. The SMILES string of the molecule is O=C1N(C[C@H]2CCCO2)c2c(Cl)cccc2C12COc1cc3c(cc12)CCO3. The number of hydrogen-bond donors (Lipinski definition) is 0. The zero-order valence-electron chi connectivity index (χ0n) is 15.4. The molecule has 1 unspecified atom stereocenters. The summed E-state index contributed by atoms with van der Waals surface area (Å²) >= 11 is 6.60. The molecule has 0 saturated carbocycles. The lowest BCUT2D eigenvalue weighted by atomic mass is 9.76. The van der Waals surface area contributed by atoms with Gasteiger partial charge in [0.25, 0.3) is 0 Å². The monoisotopic (exact) mass is 397 g/mol. The first-order valence-electron chi connectivity index (χ1n) is 9.84. The summed E-state index contributed by atoms with van der Waals surface area (Å²) in [5.74, 6) is 1.63. The summed E-state index contributed by atoms with van der Waals surface area (Å²) in [6.07, 6.45) is 2.91. The average Bonchev–Trinajstić information content (AvgIpc) is 3.46. The van der Waals surface area contributed by atoms with E-state index in [4.69, 9.17) is 25.8 Å². The van der Waals surface area contributed by atoms with E-state index in [1.54, 1.807) is 0 Å². The number of ether oxygens (including phenoxy) is 3. The standard InChI is InChI=1S/C22H20ClNO4/c23-17-5-1-4-15-20(17)24(11-14-3-2-7-26-14)21(25)22(15)12-28-19-10-18-13(6-8-27-18)9-16(19)22/h1,4-5,9-10,14H,2-3,6-8,11-12H2/t14-,22?/m1/s1. The Kier molecular flexibility index (Phi) is 3.50. The average molecular weight is 398 g/mol. The van der Waals surface area contributed by atoms with Crippen molar-refractivity contribution >= 4 is 23.2 Å². The van der Waals surface area contributed by atoms with Crippen LogP contribution in [0.15, 0.2) is 30.3 Å². The van der Waals surface area contributed by atoms with E-state index >= 15 is 0 Å². The molecule has 1 amide bonds. The number of anilines is 1. The molecule has 0 aliphatic carbocycles.